The number of anilines is 4. The number of halogens is 1. The predicted molar refractivity (Wildman–Crippen MR) is 123 cm³/mol. The fraction of sp³-hybridized carbons (Fsp3) is 0. The highest BCUT2D eigenvalue weighted by atomic mass is 35.5. The highest BCUT2D eigenvalue weighted by molar-refractivity contribution is 6.30. The molecule has 3 aromatic carbocycles. The van der Waals surface area contributed by atoms with Gasteiger partial charge in [-0.2, -0.15) is 5.10 Å². The lowest BCUT2D eigenvalue weighted by Crippen LogP contribution is -2.20. The molecule has 152 valence electrons. The van der Waals surface area contributed by atoms with E-state index in [2.05, 4.69) is 36.1 Å². The lowest BCUT2D eigenvalue weighted by molar-refractivity contribution is 0.262. The van der Waals surface area contributed by atoms with Crippen molar-refractivity contribution in [2.24, 2.45) is 0 Å². The highest BCUT2D eigenvalue weighted by Gasteiger charge is 2.16. The van der Waals surface area contributed by atoms with Crippen LogP contribution in [0, 0.1) is 0 Å². The molecule has 0 atom stereocenters. The third-order valence-electron chi connectivity index (χ3n) is 4.71. The largest absolute Gasteiger partial charge is 0.339 e. The molecule has 2 heterocycles. The number of H-pyrrole nitrogens is 1. The Hall–Kier alpha value is -4.17. The molecule has 0 aliphatic carbocycles. The van der Waals surface area contributed by atoms with E-state index in [1.165, 1.54) is 6.33 Å². The minimum absolute atomic E-state index is 0.373. The minimum atomic E-state index is -0.417. The number of benzene rings is 3. The highest BCUT2D eigenvalue weighted by Crippen LogP contribution is 2.29. The average molecular weight is 430 g/mol. The van der Waals surface area contributed by atoms with E-state index in [0.29, 0.717) is 33.4 Å². The number of aromatic nitrogens is 4. The van der Waals surface area contributed by atoms with Crippen LogP contribution in [0.25, 0.3) is 21.8 Å². The molecule has 2 amide bonds. The predicted octanol–water partition coefficient (Wildman–Crippen LogP) is 5.55. The normalized spacial score (nSPS) is 10.9. The fourth-order valence-corrected chi connectivity index (χ4v) is 3.54. The first-order valence-corrected chi connectivity index (χ1v) is 9.82. The number of rotatable bonds is 4. The number of aromatic amines is 1. The Morgan fingerprint density at radius 3 is 2.68 bits per heavy atom. The van der Waals surface area contributed by atoms with Crippen molar-refractivity contribution < 1.29 is 4.79 Å². The van der Waals surface area contributed by atoms with Gasteiger partial charge in [0.05, 0.1) is 5.69 Å². The van der Waals surface area contributed by atoms with Crippen LogP contribution in [0.5, 0.6) is 0 Å². The first kappa shape index (κ1) is 18.8. The number of carbonyl (C=O) groups excluding carboxylic acids is 1. The van der Waals surface area contributed by atoms with Crippen LogP contribution in [-0.4, -0.2) is 26.2 Å². The zero-order valence-electron chi connectivity index (χ0n) is 16.1. The van der Waals surface area contributed by atoms with Crippen LogP contribution in [0.1, 0.15) is 0 Å². The summed E-state index contributed by atoms with van der Waals surface area (Å²) in [6, 6.07) is 20.4. The number of nitrogens with zero attached hydrogens (tertiary/aromatic N) is 3. The van der Waals surface area contributed by atoms with Crippen molar-refractivity contribution in [2.75, 3.05) is 16.0 Å². The van der Waals surface area contributed by atoms with E-state index >= 15 is 0 Å². The SMILES string of the molecule is O=C(Nc1cccc2ccccc12)Nc1[nH]nc2ncnc(Nc3cccc(Cl)c3)c12. The summed E-state index contributed by atoms with van der Waals surface area (Å²) in [5.74, 6) is 0.861. The molecule has 5 rings (SSSR count). The van der Waals surface area contributed by atoms with Crippen LogP contribution in [0.15, 0.2) is 73.1 Å². The second-order valence-electron chi connectivity index (χ2n) is 6.76. The van der Waals surface area contributed by atoms with Gasteiger partial charge in [-0.1, -0.05) is 54.1 Å². The zero-order chi connectivity index (χ0) is 21.2. The molecule has 5 aromatic rings. The summed E-state index contributed by atoms with van der Waals surface area (Å²) in [4.78, 5) is 21.2. The molecule has 0 aliphatic rings. The molecule has 0 bridgehead atoms. The van der Waals surface area contributed by atoms with Gasteiger partial charge in [-0.25, -0.2) is 14.8 Å². The minimum Gasteiger partial charge on any atom is -0.339 e. The van der Waals surface area contributed by atoms with Crippen molar-refractivity contribution >= 4 is 62.4 Å². The molecular weight excluding hydrogens is 414 g/mol. The Bertz CT molecular complexity index is 1410. The summed E-state index contributed by atoms with van der Waals surface area (Å²) in [7, 11) is 0. The third-order valence-corrected chi connectivity index (χ3v) is 4.95. The van der Waals surface area contributed by atoms with E-state index in [1.807, 2.05) is 54.6 Å². The molecule has 31 heavy (non-hydrogen) atoms. The van der Waals surface area contributed by atoms with Crippen LogP contribution in [0.2, 0.25) is 5.02 Å². The average Bonchev–Trinajstić information content (AvgIpc) is 3.18. The third kappa shape index (κ3) is 3.84. The van der Waals surface area contributed by atoms with Gasteiger partial charge < -0.3 is 10.6 Å². The van der Waals surface area contributed by atoms with Crippen molar-refractivity contribution in [2.45, 2.75) is 0 Å². The Labute approximate surface area is 181 Å². The van der Waals surface area contributed by atoms with Crippen molar-refractivity contribution in [3.8, 4) is 0 Å². The van der Waals surface area contributed by atoms with Crippen molar-refractivity contribution in [3.05, 3.63) is 78.1 Å². The van der Waals surface area contributed by atoms with E-state index in [9.17, 15) is 4.79 Å². The zero-order valence-corrected chi connectivity index (χ0v) is 16.8. The maximum Gasteiger partial charge on any atom is 0.324 e. The van der Waals surface area contributed by atoms with Gasteiger partial charge in [-0.3, -0.25) is 10.4 Å². The van der Waals surface area contributed by atoms with Gasteiger partial charge in [0.15, 0.2) is 5.65 Å². The molecule has 8 nitrogen and oxygen atoms in total. The number of amides is 2. The molecule has 0 unspecified atom stereocenters. The maximum absolute atomic E-state index is 12.7. The van der Waals surface area contributed by atoms with Crippen LogP contribution in [0.3, 0.4) is 0 Å². The van der Waals surface area contributed by atoms with Crippen LogP contribution < -0.4 is 16.0 Å². The molecule has 0 saturated heterocycles. The van der Waals surface area contributed by atoms with Gasteiger partial charge in [-0.05, 0) is 29.7 Å². The summed E-state index contributed by atoms with van der Waals surface area (Å²) in [5, 5.41) is 19.0. The molecule has 0 fully saturated rings. The number of nitrogens with one attached hydrogen (secondary N) is 4. The Morgan fingerprint density at radius 2 is 1.77 bits per heavy atom. The molecule has 0 saturated carbocycles. The second-order valence-corrected chi connectivity index (χ2v) is 7.20. The number of fused-ring (bicyclic) bond motifs is 2. The van der Waals surface area contributed by atoms with Gasteiger partial charge in [0, 0.05) is 16.1 Å². The topological polar surface area (TPSA) is 108 Å². The van der Waals surface area contributed by atoms with Crippen molar-refractivity contribution in [3.63, 3.8) is 0 Å². The van der Waals surface area contributed by atoms with E-state index in [-0.39, 0.29) is 0 Å². The van der Waals surface area contributed by atoms with Crippen molar-refractivity contribution in [1.82, 2.24) is 20.2 Å². The van der Waals surface area contributed by atoms with Crippen molar-refractivity contribution in [1.29, 1.82) is 0 Å². The molecule has 2 aromatic heterocycles. The quantitative estimate of drug-likeness (QED) is 0.299. The smallest absolute Gasteiger partial charge is 0.324 e. The monoisotopic (exact) mass is 429 g/mol. The van der Waals surface area contributed by atoms with Crippen LogP contribution in [0.4, 0.5) is 27.8 Å². The molecule has 4 N–H and O–H groups in total. The maximum atomic E-state index is 12.7. The number of urea groups is 1. The summed E-state index contributed by atoms with van der Waals surface area (Å²) >= 11 is 6.07. The standard InChI is InChI=1S/C22H16ClN7O/c23-14-7-4-8-15(11-14)26-19-18-20(25-12-24-19)29-30-21(18)28-22(31)27-17-10-3-6-13-5-1-2-9-16(13)17/h1-12H,(H4,24,25,26,27,28,29,30,31). The molecule has 0 aliphatic heterocycles. The van der Waals surface area contributed by atoms with Crippen LogP contribution >= 0.6 is 11.6 Å². The fourth-order valence-electron chi connectivity index (χ4n) is 3.35. The first-order valence-electron chi connectivity index (χ1n) is 9.45. The molecule has 9 heteroatoms. The van der Waals surface area contributed by atoms with E-state index in [4.69, 9.17) is 11.6 Å². The summed E-state index contributed by atoms with van der Waals surface area (Å²) in [6.45, 7) is 0. The van der Waals surface area contributed by atoms with Gasteiger partial charge in [0.1, 0.15) is 23.3 Å². The van der Waals surface area contributed by atoms with E-state index in [0.717, 1.165) is 16.5 Å². The first-order chi connectivity index (χ1) is 15.2. The lowest BCUT2D eigenvalue weighted by Gasteiger charge is -2.11. The summed E-state index contributed by atoms with van der Waals surface area (Å²) < 4.78 is 0. The Balaban J connectivity index is 1.43. The lowest BCUT2D eigenvalue weighted by atomic mass is 10.1. The van der Waals surface area contributed by atoms with Gasteiger partial charge in [0.2, 0.25) is 0 Å². The number of hydrogen-bond acceptors (Lipinski definition) is 5. The molecular formula is C22H16ClN7O. The molecule has 0 spiro atoms. The van der Waals surface area contributed by atoms with Gasteiger partial charge in [0.25, 0.3) is 0 Å². The van der Waals surface area contributed by atoms with Gasteiger partial charge >= 0.3 is 6.03 Å². The van der Waals surface area contributed by atoms with E-state index < -0.39 is 6.03 Å². The Morgan fingerprint density at radius 1 is 0.935 bits per heavy atom. The van der Waals surface area contributed by atoms with Crippen LogP contribution in [-0.2, 0) is 0 Å². The van der Waals surface area contributed by atoms with E-state index in [1.54, 1.807) is 12.1 Å². The number of carbonyl (C=O) groups is 1. The summed E-state index contributed by atoms with van der Waals surface area (Å²) in [6.07, 6.45) is 1.40. The molecule has 0 radical (unpaired) electrons. The second kappa shape index (κ2) is 7.92. The summed E-state index contributed by atoms with van der Waals surface area (Å²) in [5.41, 5.74) is 1.87. The Kier molecular flexibility index (Phi) is 4.81. The number of hydrogen-bond donors (Lipinski definition) is 4. The van der Waals surface area contributed by atoms with Gasteiger partial charge in [-0.15, -0.1) is 0 Å².